The van der Waals surface area contributed by atoms with Crippen molar-refractivity contribution in [3.63, 3.8) is 0 Å². The summed E-state index contributed by atoms with van der Waals surface area (Å²) < 4.78 is 1.06. The third kappa shape index (κ3) is 5.35. The highest BCUT2D eigenvalue weighted by Gasteiger charge is 2.18. The van der Waals surface area contributed by atoms with Crippen molar-refractivity contribution < 1.29 is 4.79 Å². The number of carbonyl (C=O) groups excluding carboxylic acids is 1. The van der Waals surface area contributed by atoms with E-state index >= 15 is 0 Å². The number of benzene rings is 1. The Morgan fingerprint density at radius 3 is 2.16 bits per heavy atom. The molecule has 0 radical (unpaired) electrons. The zero-order chi connectivity index (χ0) is 14.3. The minimum absolute atomic E-state index is 0.0665. The molecule has 0 aromatic heterocycles. The van der Waals surface area contributed by atoms with E-state index in [9.17, 15) is 4.79 Å². The molecular formula is C16H24BrNO. The van der Waals surface area contributed by atoms with E-state index in [2.05, 4.69) is 35.1 Å². The van der Waals surface area contributed by atoms with Crippen molar-refractivity contribution in [2.24, 2.45) is 5.92 Å². The lowest BCUT2D eigenvalue weighted by Gasteiger charge is -2.20. The van der Waals surface area contributed by atoms with Crippen LogP contribution in [-0.4, -0.2) is 5.91 Å². The lowest BCUT2D eigenvalue weighted by atomic mass is 9.96. The smallest absolute Gasteiger partial charge is 0.223 e. The first-order chi connectivity index (χ1) is 9.08. The van der Waals surface area contributed by atoms with Crippen molar-refractivity contribution in [1.29, 1.82) is 0 Å². The molecule has 0 fully saturated rings. The third-order valence-corrected chi connectivity index (χ3v) is 3.90. The number of nitrogens with one attached hydrogen (secondary N) is 1. The van der Waals surface area contributed by atoms with E-state index in [-0.39, 0.29) is 17.9 Å². The average Bonchev–Trinajstić information content (AvgIpc) is 2.39. The predicted molar refractivity (Wildman–Crippen MR) is 84.0 cm³/mol. The van der Waals surface area contributed by atoms with Crippen LogP contribution in [0.2, 0.25) is 0 Å². The Balaban J connectivity index is 2.61. The molecule has 0 heterocycles. The molecule has 0 saturated carbocycles. The summed E-state index contributed by atoms with van der Waals surface area (Å²) in [6.07, 6.45) is 4.08. The molecule has 0 aliphatic rings. The molecule has 19 heavy (non-hydrogen) atoms. The van der Waals surface area contributed by atoms with E-state index in [1.54, 1.807) is 0 Å². The van der Waals surface area contributed by atoms with Crippen LogP contribution in [0.1, 0.15) is 58.1 Å². The average molecular weight is 326 g/mol. The highest BCUT2D eigenvalue weighted by Crippen LogP contribution is 2.19. The molecule has 0 aliphatic carbocycles. The first-order valence-electron chi connectivity index (χ1n) is 7.14. The number of halogens is 1. The van der Waals surface area contributed by atoms with E-state index in [0.717, 1.165) is 35.7 Å². The van der Waals surface area contributed by atoms with Gasteiger partial charge in [0.2, 0.25) is 5.91 Å². The van der Waals surface area contributed by atoms with Crippen molar-refractivity contribution in [3.8, 4) is 0 Å². The first-order valence-corrected chi connectivity index (χ1v) is 7.93. The monoisotopic (exact) mass is 325 g/mol. The lowest BCUT2D eigenvalue weighted by molar-refractivity contribution is -0.126. The van der Waals surface area contributed by atoms with Gasteiger partial charge in [0.15, 0.2) is 0 Å². The van der Waals surface area contributed by atoms with Crippen molar-refractivity contribution in [2.45, 2.75) is 52.5 Å². The number of carbonyl (C=O) groups is 1. The predicted octanol–water partition coefficient (Wildman–Crippen LogP) is 4.84. The number of hydrogen-bond donors (Lipinski definition) is 1. The molecule has 1 unspecified atom stereocenters. The van der Waals surface area contributed by atoms with Gasteiger partial charge in [-0.25, -0.2) is 0 Å². The Morgan fingerprint density at radius 2 is 1.68 bits per heavy atom. The molecule has 1 aromatic carbocycles. The highest BCUT2D eigenvalue weighted by molar-refractivity contribution is 9.10. The summed E-state index contributed by atoms with van der Waals surface area (Å²) in [7, 11) is 0. The fourth-order valence-electron chi connectivity index (χ4n) is 2.27. The molecule has 106 valence electrons. The summed E-state index contributed by atoms with van der Waals surface area (Å²) in [6, 6.07) is 8.17. The van der Waals surface area contributed by atoms with Crippen LogP contribution in [0.3, 0.4) is 0 Å². The van der Waals surface area contributed by atoms with Gasteiger partial charge in [0.25, 0.3) is 0 Å². The molecule has 0 saturated heterocycles. The topological polar surface area (TPSA) is 29.1 Å². The van der Waals surface area contributed by atoms with Gasteiger partial charge in [-0.2, -0.15) is 0 Å². The van der Waals surface area contributed by atoms with E-state index in [1.165, 1.54) is 0 Å². The van der Waals surface area contributed by atoms with Gasteiger partial charge in [-0.15, -0.1) is 0 Å². The minimum atomic E-state index is 0.0665. The highest BCUT2D eigenvalue weighted by atomic mass is 79.9. The second kappa shape index (κ2) is 8.36. The summed E-state index contributed by atoms with van der Waals surface area (Å²) in [5, 5.41) is 3.13. The van der Waals surface area contributed by atoms with Crippen LogP contribution in [0.5, 0.6) is 0 Å². The standard InChI is InChI=1S/C16H24BrNO/c1-4-6-14(7-5-2)16(19)18-12(3)13-8-10-15(17)11-9-13/h8-12,14H,4-7H2,1-3H3,(H,18,19). The van der Waals surface area contributed by atoms with Gasteiger partial charge in [0, 0.05) is 10.4 Å². The molecule has 1 aromatic rings. The van der Waals surface area contributed by atoms with Crippen molar-refractivity contribution >= 4 is 21.8 Å². The SMILES string of the molecule is CCCC(CCC)C(=O)NC(C)c1ccc(Br)cc1. The summed E-state index contributed by atoms with van der Waals surface area (Å²) in [6.45, 7) is 6.30. The maximum Gasteiger partial charge on any atom is 0.223 e. The fourth-order valence-corrected chi connectivity index (χ4v) is 2.53. The fraction of sp³-hybridized carbons (Fsp3) is 0.562. The number of hydrogen-bond acceptors (Lipinski definition) is 1. The molecule has 0 bridgehead atoms. The molecule has 1 N–H and O–H groups in total. The normalized spacial score (nSPS) is 12.5. The van der Waals surface area contributed by atoms with E-state index in [1.807, 2.05) is 31.2 Å². The quantitative estimate of drug-likeness (QED) is 0.763. The van der Waals surface area contributed by atoms with Gasteiger partial charge in [-0.1, -0.05) is 54.8 Å². The minimum Gasteiger partial charge on any atom is -0.349 e. The van der Waals surface area contributed by atoms with Crippen LogP contribution in [-0.2, 0) is 4.79 Å². The van der Waals surface area contributed by atoms with Crippen molar-refractivity contribution in [2.75, 3.05) is 0 Å². The van der Waals surface area contributed by atoms with Crippen LogP contribution in [0.4, 0.5) is 0 Å². The second-order valence-electron chi connectivity index (χ2n) is 5.06. The van der Waals surface area contributed by atoms with E-state index in [0.29, 0.717) is 0 Å². The number of rotatable bonds is 7. The second-order valence-corrected chi connectivity index (χ2v) is 5.97. The summed E-state index contributed by atoms with van der Waals surface area (Å²) in [5.74, 6) is 0.354. The van der Waals surface area contributed by atoms with Gasteiger partial charge in [0.05, 0.1) is 6.04 Å². The van der Waals surface area contributed by atoms with Crippen LogP contribution in [0.15, 0.2) is 28.7 Å². The van der Waals surface area contributed by atoms with Gasteiger partial charge in [-0.05, 0) is 37.5 Å². The Kier molecular flexibility index (Phi) is 7.14. The van der Waals surface area contributed by atoms with Crippen LogP contribution in [0, 0.1) is 5.92 Å². The molecule has 1 amide bonds. The third-order valence-electron chi connectivity index (χ3n) is 3.37. The Morgan fingerprint density at radius 1 is 1.16 bits per heavy atom. The zero-order valence-electron chi connectivity index (χ0n) is 12.1. The maximum absolute atomic E-state index is 12.3. The van der Waals surface area contributed by atoms with Gasteiger partial charge < -0.3 is 5.32 Å². The Hall–Kier alpha value is -0.830. The van der Waals surface area contributed by atoms with Crippen molar-refractivity contribution in [3.05, 3.63) is 34.3 Å². The largest absolute Gasteiger partial charge is 0.349 e. The van der Waals surface area contributed by atoms with E-state index in [4.69, 9.17) is 0 Å². The van der Waals surface area contributed by atoms with Crippen LogP contribution >= 0.6 is 15.9 Å². The van der Waals surface area contributed by atoms with Crippen molar-refractivity contribution in [1.82, 2.24) is 5.32 Å². The summed E-state index contributed by atoms with van der Waals surface area (Å²) in [5.41, 5.74) is 1.14. The van der Waals surface area contributed by atoms with E-state index < -0.39 is 0 Å². The first kappa shape index (κ1) is 16.2. The molecule has 1 rings (SSSR count). The molecule has 0 aliphatic heterocycles. The van der Waals surface area contributed by atoms with Gasteiger partial charge in [-0.3, -0.25) is 4.79 Å². The van der Waals surface area contributed by atoms with Crippen LogP contribution < -0.4 is 5.32 Å². The molecule has 2 nitrogen and oxygen atoms in total. The molecular weight excluding hydrogens is 302 g/mol. The van der Waals surface area contributed by atoms with Gasteiger partial charge >= 0.3 is 0 Å². The molecule has 1 atom stereocenters. The summed E-state index contributed by atoms with van der Waals surface area (Å²) in [4.78, 5) is 12.3. The maximum atomic E-state index is 12.3. The Labute approximate surface area is 125 Å². The van der Waals surface area contributed by atoms with Gasteiger partial charge in [0.1, 0.15) is 0 Å². The lowest BCUT2D eigenvalue weighted by Crippen LogP contribution is -2.32. The Bertz CT molecular complexity index is 382. The molecule has 3 heteroatoms. The number of amides is 1. The summed E-state index contributed by atoms with van der Waals surface area (Å²) >= 11 is 3.42. The molecule has 0 spiro atoms. The van der Waals surface area contributed by atoms with Crippen LogP contribution in [0.25, 0.3) is 0 Å². The zero-order valence-corrected chi connectivity index (χ0v) is 13.7.